The zero-order valence-electron chi connectivity index (χ0n) is 9.98. The van der Waals surface area contributed by atoms with Crippen LogP contribution >= 0.6 is 0 Å². The van der Waals surface area contributed by atoms with Gasteiger partial charge in [0.2, 0.25) is 0 Å². The van der Waals surface area contributed by atoms with Gasteiger partial charge in [0.05, 0.1) is 12.7 Å². The van der Waals surface area contributed by atoms with Crippen LogP contribution < -0.4 is 11.3 Å². The minimum atomic E-state index is -2.86. The number of hydrogen-bond acceptors (Lipinski definition) is 5. The van der Waals surface area contributed by atoms with Crippen molar-refractivity contribution >= 4 is 9.84 Å². The Morgan fingerprint density at radius 2 is 2.25 bits per heavy atom. The maximum absolute atomic E-state index is 11.0. The second-order valence-electron chi connectivity index (χ2n) is 4.68. The molecule has 0 aliphatic carbocycles. The van der Waals surface area contributed by atoms with Crippen molar-refractivity contribution < 1.29 is 13.2 Å². The SMILES string of the molecule is CC1CC(C(CCCS(C)(=O)=O)NN)CO1. The fraction of sp³-hybridized carbons (Fsp3) is 1.00. The highest BCUT2D eigenvalue weighted by molar-refractivity contribution is 7.90. The van der Waals surface area contributed by atoms with E-state index in [1.807, 2.05) is 6.92 Å². The lowest BCUT2D eigenvalue weighted by Gasteiger charge is -2.21. The van der Waals surface area contributed by atoms with E-state index in [1.54, 1.807) is 0 Å². The van der Waals surface area contributed by atoms with Gasteiger partial charge in [-0.3, -0.25) is 11.3 Å². The molecule has 6 heteroatoms. The predicted molar refractivity (Wildman–Crippen MR) is 63.6 cm³/mol. The van der Waals surface area contributed by atoms with Crippen molar-refractivity contribution in [2.45, 2.75) is 38.3 Å². The molecule has 0 aromatic heterocycles. The molecule has 0 spiro atoms. The second kappa shape index (κ2) is 5.95. The Hall–Kier alpha value is -0.170. The van der Waals surface area contributed by atoms with Gasteiger partial charge in [-0.15, -0.1) is 0 Å². The first kappa shape index (κ1) is 13.9. The van der Waals surface area contributed by atoms with Gasteiger partial charge in [-0.25, -0.2) is 8.42 Å². The first-order valence-electron chi connectivity index (χ1n) is 5.68. The van der Waals surface area contributed by atoms with Gasteiger partial charge in [0.15, 0.2) is 0 Å². The van der Waals surface area contributed by atoms with E-state index >= 15 is 0 Å². The Morgan fingerprint density at radius 3 is 2.69 bits per heavy atom. The fourth-order valence-corrected chi connectivity index (χ4v) is 2.84. The molecule has 1 heterocycles. The highest BCUT2D eigenvalue weighted by Crippen LogP contribution is 2.24. The van der Waals surface area contributed by atoms with Gasteiger partial charge >= 0.3 is 0 Å². The number of hydrazine groups is 1. The van der Waals surface area contributed by atoms with Crippen LogP contribution in [0.4, 0.5) is 0 Å². The number of nitrogens with two attached hydrogens (primary N) is 1. The number of nitrogens with one attached hydrogen (secondary N) is 1. The molecule has 1 fully saturated rings. The van der Waals surface area contributed by atoms with Crippen molar-refractivity contribution in [3.05, 3.63) is 0 Å². The van der Waals surface area contributed by atoms with Gasteiger partial charge in [-0.2, -0.15) is 0 Å². The quantitative estimate of drug-likeness (QED) is 0.515. The smallest absolute Gasteiger partial charge is 0.147 e. The molecule has 16 heavy (non-hydrogen) atoms. The third-order valence-electron chi connectivity index (χ3n) is 3.04. The number of sulfone groups is 1. The first-order chi connectivity index (χ1) is 7.42. The summed E-state index contributed by atoms with van der Waals surface area (Å²) in [7, 11) is -2.86. The molecule has 1 aliphatic rings. The average Bonchev–Trinajstić information content (AvgIpc) is 2.58. The lowest BCUT2D eigenvalue weighted by atomic mass is 9.94. The molecule has 0 aromatic carbocycles. The molecule has 0 radical (unpaired) electrons. The minimum Gasteiger partial charge on any atom is -0.378 e. The third-order valence-corrected chi connectivity index (χ3v) is 4.07. The number of rotatable bonds is 6. The maximum atomic E-state index is 11.0. The largest absolute Gasteiger partial charge is 0.378 e. The average molecular weight is 250 g/mol. The van der Waals surface area contributed by atoms with E-state index in [-0.39, 0.29) is 17.9 Å². The Bertz CT molecular complexity index is 305. The summed E-state index contributed by atoms with van der Waals surface area (Å²) in [4.78, 5) is 0. The molecule has 0 aromatic rings. The monoisotopic (exact) mass is 250 g/mol. The van der Waals surface area contributed by atoms with Gasteiger partial charge in [-0.05, 0) is 26.2 Å². The van der Waals surface area contributed by atoms with E-state index in [2.05, 4.69) is 5.43 Å². The van der Waals surface area contributed by atoms with Crippen LogP contribution in [0.2, 0.25) is 0 Å². The molecule has 96 valence electrons. The fourth-order valence-electron chi connectivity index (χ4n) is 2.15. The first-order valence-corrected chi connectivity index (χ1v) is 7.74. The molecule has 0 saturated carbocycles. The molecule has 1 aliphatic heterocycles. The van der Waals surface area contributed by atoms with E-state index in [4.69, 9.17) is 10.6 Å². The molecule has 3 N–H and O–H groups in total. The molecular weight excluding hydrogens is 228 g/mol. The summed E-state index contributed by atoms with van der Waals surface area (Å²) < 4.78 is 27.5. The van der Waals surface area contributed by atoms with Crippen LogP contribution in [0.3, 0.4) is 0 Å². The van der Waals surface area contributed by atoms with Crippen LogP contribution in [-0.2, 0) is 14.6 Å². The maximum Gasteiger partial charge on any atom is 0.147 e. The van der Waals surface area contributed by atoms with Crippen LogP contribution in [-0.4, -0.2) is 39.2 Å². The van der Waals surface area contributed by atoms with Crippen molar-refractivity contribution in [2.75, 3.05) is 18.6 Å². The highest BCUT2D eigenvalue weighted by Gasteiger charge is 2.28. The summed E-state index contributed by atoms with van der Waals surface area (Å²) in [6, 6.07) is 0.159. The topological polar surface area (TPSA) is 81.4 Å². The molecule has 0 amide bonds. The van der Waals surface area contributed by atoms with Gasteiger partial charge in [-0.1, -0.05) is 0 Å². The molecule has 3 atom stereocenters. The normalized spacial score (nSPS) is 28.2. The third kappa shape index (κ3) is 4.78. The molecule has 1 rings (SSSR count). The van der Waals surface area contributed by atoms with Crippen molar-refractivity contribution in [2.24, 2.45) is 11.8 Å². The summed E-state index contributed by atoms with van der Waals surface area (Å²) in [5.41, 5.74) is 2.78. The number of hydrogen-bond donors (Lipinski definition) is 2. The molecular formula is C10H22N2O3S. The minimum absolute atomic E-state index is 0.159. The van der Waals surface area contributed by atoms with Gasteiger partial charge in [0.25, 0.3) is 0 Å². The lowest BCUT2D eigenvalue weighted by molar-refractivity contribution is 0.116. The van der Waals surface area contributed by atoms with Crippen molar-refractivity contribution in [1.82, 2.24) is 5.43 Å². The van der Waals surface area contributed by atoms with Gasteiger partial charge in [0, 0.05) is 24.0 Å². The van der Waals surface area contributed by atoms with E-state index in [0.29, 0.717) is 12.3 Å². The number of ether oxygens (including phenoxy) is 1. The highest BCUT2D eigenvalue weighted by atomic mass is 32.2. The summed E-state index contributed by atoms with van der Waals surface area (Å²) >= 11 is 0. The molecule has 5 nitrogen and oxygen atoms in total. The van der Waals surface area contributed by atoms with Crippen LogP contribution in [0.15, 0.2) is 0 Å². The Kier molecular flexibility index (Phi) is 5.17. The van der Waals surface area contributed by atoms with Gasteiger partial charge in [0.1, 0.15) is 9.84 Å². The Balaban J connectivity index is 2.32. The summed E-state index contributed by atoms with van der Waals surface area (Å²) in [5.74, 6) is 6.13. The summed E-state index contributed by atoms with van der Waals surface area (Å²) in [5, 5.41) is 0. The van der Waals surface area contributed by atoms with Crippen molar-refractivity contribution in [3.63, 3.8) is 0 Å². The van der Waals surface area contributed by atoms with Crippen LogP contribution in [0.5, 0.6) is 0 Å². The summed E-state index contributed by atoms with van der Waals surface area (Å²) in [6.45, 7) is 2.76. The van der Waals surface area contributed by atoms with E-state index < -0.39 is 9.84 Å². The van der Waals surface area contributed by atoms with E-state index in [9.17, 15) is 8.42 Å². The zero-order valence-corrected chi connectivity index (χ0v) is 10.8. The van der Waals surface area contributed by atoms with Crippen LogP contribution in [0.1, 0.15) is 26.2 Å². The molecule has 3 unspecified atom stereocenters. The van der Waals surface area contributed by atoms with Crippen molar-refractivity contribution in [1.29, 1.82) is 0 Å². The Morgan fingerprint density at radius 1 is 1.56 bits per heavy atom. The van der Waals surface area contributed by atoms with Crippen LogP contribution in [0.25, 0.3) is 0 Å². The predicted octanol–water partition coefficient (Wildman–Crippen LogP) is 0.0681. The van der Waals surface area contributed by atoms with Crippen LogP contribution in [0, 0.1) is 5.92 Å². The van der Waals surface area contributed by atoms with E-state index in [1.165, 1.54) is 6.26 Å². The summed E-state index contributed by atoms with van der Waals surface area (Å²) in [6.07, 6.45) is 3.98. The molecule has 0 bridgehead atoms. The lowest BCUT2D eigenvalue weighted by Crippen LogP contribution is -2.41. The standard InChI is InChI=1S/C10H22N2O3S/c1-8-6-9(7-15-8)10(12-11)4-3-5-16(2,13)14/h8-10,12H,3-7,11H2,1-2H3. The van der Waals surface area contributed by atoms with E-state index in [0.717, 1.165) is 19.4 Å². The second-order valence-corrected chi connectivity index (χ2v) is 6.94. The molecule has 1 saturated heterocycles. The van der Waals surface area contributed by atoms with Gasteiger partial charge < -0.3 is 4.74 Å². The van der Waals surface area contributed by atoms with Crippen molar-refractivity contribution in [3.8, 4) is 0 Å². The zero-order chi connectivity index (χ0) is 12.2. The Labute approximate surface area is 97.6 Å².